The van der Waals surface area contributed by atoms with Crippen LogP contribution in [0.3, 0.4) is 0 Å². The minimum absolute atomic E-state index is 0.537. The standard InChI is InChI=1S/C14H23N3O/c1-10-2-4-11(5-3-10)14-16-13(18-17-14)8-9-15-12-6-7-12/h10-12,15H,2-9H2,1H3. The van der Waals surface area contributed by atoms with Crippen LogP contribution in [0.25, 0.3) is 0 Å². The van der Waals surface area contributed by atoms with E-state index >= 15 is 0 Å². The molecule has 1 aromatic rings. The summed E-state index contributed by atoms with van der Waals surface area (Å²) < 4.78 is 5.35. The maximum atomic E-state index is 5.35. The molecule has 2 fully saturated rings. The second-order valence-electron chi connectivity index (χ2n) is 5.98. The Morgan fingerprint density at radius 1 is 1.17 bits per heavy atom. The zero-order valence-electron chi connectivity index (χ0n) is 11.2. The van der Waals surface area contributed by atoms with Crippen molar-refractivity contribution in [2.75, 3.05) is 6.54 Å². The molecule has 0 atom stereocenters. The molecule has 0 unspecified atom stereocenters. The molecule has 1 heterocycles. The van der Waals surface area contributed by atoms with Gasteiger partial charge in [0, 0.05) is 24.9 Å². The normalized spacial score (nSPS) is 28.5. The van der Waals surface area contributed by atoms with Crippen molar-refractivity contribution in [1.82, 2.24) is 15.5 Å². The Morgan fingerprint density at radius 3 is 2.67 bits per heavy atom. The Kier molecular flexibility index (Phi) is 3.64. The highest BCUT2D eigenvalue weighted by atomic mass is 16.5. The summed E-state index contributed by atoms with van der Waals surface area (Å²) in [5.41, 5.74) is 0. The van der Waals surface area contributed by atoms with E-state index in [-0.39, 0.29) is 0 Å². The third kappa shape index (κ3) is 3.10. The first-order valence-corrected chi connectivity index (χ1v) is 7.37. The summed E-state index contributed by atoms with van der Waals surface area (Å²) in [6, 6.07) is 0.757. The van der Waals surface area contributed by atoms with Crippen LogP contribution in [-0.2, 0) is 6.42 Å². The zero-order valence-corrected chi connectivity index (χ0v) is 11.2. The van der Waals surface area contributed by atoms with Gasteiger partial charge >= 0.3 is 0 Å². The zero-order chi connectivity index (χ0) is 12.4. The van der Waals surface area contributed by atoms with Crippen LogP contribution in [0.1, 0.15) is 63.1 Å². The van der Waals surface area contributed by atoms with Gasteiger partial charge in [-0.2, -0.15) is 4.98 Å². The van der Waals surface area contributed by atoms with Crippen LogP contribution in [0.4, 0.5) is 0 Å². The van der Waals surface area contributed by atoms with Crippen molar-refractivity contribution in [2.24, 2.45) is 5.92 Å². The average molecular weight is 249 g/mol. The van der Waals surface area contributed by atoms with E-state index in [1.807, 2.05) is 0 Å². The topological polar surface area (TPSA) is 51.0 Å². The molecule has 2 aliphatic carbocycles. The monoisotopic (exact) mass is 249 g/mol. The van der Waals surface area contributed by atoms with E-state index in [0.717, 1.165) is 36.6 Å². The van der Waals surface area contributed by atoms with Crippen LogP contribution in [0, 0.1) is 5.92 Å². The van der Waals surface area contributed by atoms with Crippen molar-refractivity contribution >= 4 is 0 Å². The van der Waals surface area contributed by atoms with Crippen LogP contribution < -0.4 is 5.32 Å². The van der Waals surface area contributed by atoms with Gasteiger partial charge in [0.05, 0.1) is 0 Å². The summed E-state index contributed by atoms with van der Waals surface area (Å²) >= 11 is 0. The molecule has 1 aromatic heterocycles. The van der Waals surface area contributed by atoms with Crippen LogP contribution in [-0.4, -0.2) is 22.7 Å². The predicted octanol–water partition coefficient (Wildman–Crippen LogP) is 2.66. The molecular formula is C14H23N3O. The fraction of sp³-hybridized carbons (Fsp3) is 0.857. The number of rotatable bonds is 5. The lowest BCUT2D eigenvalue weighted by molar-refractivity contribution is 0.323. The lowest BCUT2D eigenvalue weighted by atomic mass is 9.83. The van der Waals surface area contributed by atoms with Crippen molar-refractivity contribution in [1.29, 1.82) is 0 Å². The lowest BCUT2D eigenvalue weighted by Gasteiger charge is -2.23. The molecule has 1 N–H and O–H groups in total. The molecule has 0 bridgehead atoms. The first kappa shape index (κ1) is 12.2. The number of hydrogen-bond acceptors (Lipinski definition) is 4. The summed E-state index contributed by atoms with van der Waals surface area (Å²) in [7, 11) is 0. The van der Waals surface area contributed by atoms with Gasteiger partial charge in [-0.1, -0.05) is 24.9 Å². The summed E-state index contributed by atoms with van der Waals surface area (Å²) in [5, 5.41) is 7.64. The van der Waals surface area contributed by atoms with Gasteiger partial charge < -0.3 is 9.84 Å². The van der Waals surface area contributed by atoms with E-state index in [1.165, 1.54) is 38.5 Å². The smallest absolute Gasteiger partial charge is 0.227 e. The fourth-order valence-corrected chi connectivity index (χ4v) is 2.72. The van der Waals surface area contributed by atoms with E-state index in [4.69, 9.17) is 4.52 Å². The van der Waals surface area contributed by atoms with Gasteiger partial charge in [0.15, 0.2) is 5.82 Å². The van der Waals surface area contributed by atoms with Gasteiger partial charge in [0.2, 0.25) is 5.89 Å². The molecule has 4 nitrogen and oxygen atoms in total. The maximum absolute atomic E-state index is 5.35. The van der Waals surface area contributed by atoms with E-state index in [1.54, 1.807) is 0 Å². The van der Waals surface area contributed by atoms with E-state index < -0.39 is 0 Å². The third-order valence-corrected chi connectivity index (χ3v) is 4.21. The molecule has 0 amide bonds. The fourth-order valence-electron chi connectivity index (χ4n) is 2.72. The summed E-state index contributed by atoms with van der Waals surface area (Å²) in [6.07, 6.45) is 8.58. The van der Waals surface area contributed by atoms with Gasteiger partial charge in [-0.25, -0.2) is 0 Å². The molecule has 4 heteroatoms. The Bertz CT molecular complexity index is 378. The molecule has 100 valence electrons. The van der Waals surface area contributed by atoms with Crippen molar-refractivity contribution in [3.05, 3.63) is 11.7 Å². The van der Waals surface area contributed by atoms with Gasteiger partial charge in [-0.15, -0.1) is 0 Å². The Hall–Kier alpha value is -0.900. The largest absolute Gasteiger partial charge is 0.339 e. The first-order valence-electron chi connectivity index (χ1n) is 7.37. The number of nitrogens with one attached hydrogen (secondary N) is 1. The van der Waals surface area contributed by atoms with Gasteiger partial charge in [0.1, 0.15) is 0 Å². The highest BCUT2D eigenvalue weighted by Gasteiger charge is 2.24. The molecule has 0 spiro atoms. The molecule has 2 aliphatic rings. The van der Waals surface area contributed by atoms with E-state index in [2.05, 4.69) is 22.4 Å². The number of hydrogen-bond donors (Lipinski definition) is 1. The van der Waals surface area contributed by atoms with Crippen molar-refractivity contribution in [3.8, 4) is 0 Å². The highest BCUT2D eigenvalue weighted by molar-refractivity contribution is 4.98. The highest BCUT2D eigenvalue weighted by Crippen LogP contribution is 2.34. The van der Waals surface area contributed by atoms with Crippen molar-refractivity contribution < 1.29 is 4.52 Å². The Morgan fingerprint density at radius 2 is 1.94 bits per heavy atom. The van der Waals surface area contributed by atoms with Gasteiger partial charge in [-0.3, -0.25) is 0 Å². The predicted molar refractivity (Wildman–Crippen MR) is 69.4 cm³/mol. The van der Waals surface area contributed by atoms with Crippen LogP contribution in [0.15, 0.2) is 4.52 Å². The molecular weight excluding hydrogens is 226 g/mol. The first-order chi connectivity index (χ1) is 8.81. The quantitative estimate of drug-likeness (QED) is 0.871. The molecule has 18 heavy (non-hydrogen) atoms. The molecule has 0 saturated heterocycles. The van der Waals surface area contributed by atoms with Crippen molar-refractivity contribution in [3.63, 3.8) is 0 Å². The van der Waals surface area contributed by atoms with Crippen molar-refractivity contribution in [2.45, 2.75) is 63.8 Å². The second-order valence-corrected chi connectivity index (χ2v) is 5.98. The average Bonchev–Trinajstić information content (AvgIpc) is 3.08. The SMILES string of the molecule is CC1CCC(c2noc(CCNC3CC3)n2)CC1. The minimum atomic E-state index is 0.537. The van der Waals surface area contributed by atoms with E-state index in [0.29, 0.717) is 5.92 Å². The Labute approximate surface area is 109 Å². The second kappa shape index (κ2) is 5.39. The molecule has 0 aliphatic heterocycles. The van der Waals surface area contributed by atoms with Crippen LogP contribution in [0.2, 0.25) is 0 Å². The molecule has 0 aromatic carbocycles. The third-order valence-electron chi connectivity index (χ3n) is 4.21. The maximum Gasteiger partial charge on any atom is 0.227 e. The molecule has 0 radical (unpaired) electrons. The van der Waals surface area contributed by atoms with Gasteiger partial charge in [-0.05, 0) is 31.6 Å². The summed E-state index contributed by atoms with van der Waals surface area (Å²) in [5.74, 6) is 3.16. The summed E-state index contributed by atoms with van der Waals surface area (Å²) in [6.45, 7) is 3.30. The van der Waals surface area contributed by atoms with Crippen LogP contribution in [0.5, 0.6) is 0 Å². The molecule has 3 rings (SSSR count). The lowest BCUT2D eigenvalue weighted by Crippen LogP contribution is -2.19. The molecule has 2 saturated carbocycles. The Balaban J connectivity index is 1.48. The van der Waals surface area contributed by atoms with E-state index in [9.17, 15) is 0 Å². The number of nitrogens with zero attached hydrogens (tertiary/aromatic N) is 2. The number of aromatic nitrogens is 2. The van der Waals surface area contributed by atoms with Crippen LogP contribution >= 0.6 is 0 Å². The minimum Gasteiger partial charge on any atom is -0.339 e. The summed E-state index contributed by atoms with van der Waals surface area (Å²) in [4.78, 5) is 4.56. The van der Waals surface area contributed by atoms with Gasteiger partial charge in [0.25, 0.3) is 0 Å².